The largest absolute Gasteiger partial charge is 0.493 e. The number of carbonyl (C=O) groups is 2. The van der Waals surface area contributed by atoms with Crippen molar-refractivity contribution < 1.29 is 37.0 Å². The molecule has 0 fully saturated rings. The lowest BCUT2D eigenvalue weighted by atomic mass is 10.0. The van der Waals surface area contributed by atoms with E-state index < -0.39 is 35.0 Å². The molecule has 0 spiro atoms. The summed E-state index contributed by atoms with van der Waals surface area (Å²) in [5.74, 6) is -2.77. The van der Waals surface area contributed by atoms with Gasteiger partial charge in [0.2, 0.25) is 0 Å². The predicted octanol–water partition coefficient (Wildman–Crippen LogP) is 5.93. The molecule has 0 atom stereocenters. The van der Waals surface area contributed by atoms with Gasteiger partial charge in [0.25, 0.3) is 5.91 Å². The van der Waals surface area contributed by atoms with Gasteiger partial charge in [0.05, 0.1) is 23.3 Å². The fourth-order valence-electron chi connectivity index (χ4n) is 3.23. The third-order valence-corrected chi connectivity index (χ3v) is 4.95. The number of aromatic carboxylic acids is 1. The van der Waals surface area contributed by atoms with Gasteiger partial charge in [0, 0.05) is 12.1 Å². The predicted molar refractivity (Wildman–Crippen MR) is 117 cm³/mol. The topological polar surface area (TPSA) is 75.6 Å². The van der Waals surface area contributed by atoms with E-state index in [1.54, 1.807) is 30.3 Å². The normalized spacial score (nSPS) is 11.2. The Bertz CT molecular complexity index is 1210. The highest BCUT2D eigenvalue weighted by Gasteiger charge is 2.31. The zero-order valence-corrected chi connectivity index (χ0v) is 18.1. The molecule has 5 nitrogen and oxygen atoms in total. The molecule has 0 heterocycles. The molecule has 178 valence electrons. The van der Waals surface area contributed by atoms with E-state index in [2.05, 4.69) is 5.32 Å². The molecule has 0 aliphatic rings. The number of carbonyl (C=O) groups excluding carboxylic acids is 1. The minimum absolute atomic E-state index is 0.0925. The molecule has 0 aromatic heterocycles. The van der Waals surface area contributed by atoms with Crippen molar-refractivity contribution in [2.45, 2.75) is 26.1 Å². The molecular weight excluding hydrogens is 454 g/mol. The van der Waals surface area contributed by atoms with Crippen LogP contribution < -0.4 is 10.1 Å². The first kappa shape index (κ1) is 24.8. The summed E-state index contributed by atoms with van der Waals surface area (Å²) < 4.78 is 58.1. The summed E-state index contributed by atoms with van der Waals surface area (Å²) in [6.45, 7) is 2.23. The summed E-state index contributed by atoms with van der Waals surface area (Å²) in [5.41, 5.74) is 0.228. The van der Waals surface area contributed by atoms with Gasteiger partial charge in [-0.3, -0.25) is 4.79 Å². The second-order valence-electron chi connectivity index (χ2n) is 7.43. The van der Waals surface area contributed by atoms with Gasteiger partial charge in [-0.2, -0.15) is 13.2 Å². The quantitative estimate of drug-likeness (QED) is 0.396. The highest BCUT2D eigenvalue weighted by molar-refractivity contribution is 5.94. The Hall–Kier alpha value is -3.88. The molecule has 0 saturated carbocycles. The monoisotopic (exact) mass is 475 g/mol. The van der Waals surface area contributed by atoms with Crippen molar-refractivity contribution in [2.24, 2.45) is 0 Å². The fraction of sp³-hybridized carbons (Fsp3) is 0.200. The zero-order chi connectivity index (χ0) is 24.9. The second kappa shape index (κ2) is 10.4. The summed E-state index contributed by atoms with van der Waals surface area (Å²) in [7, 11) is 0. The van der Waals surface area contributed by atoms with Gasteiger partial charge in [-0.1, -0.05) is 25.1 Å². The van der Waals surface area contributed by atoms with E-state index in [1.165, 1.54) is 12.1 Å². The molecule has 0 bridgehead atoms. The SMILES string of the molecule is CCCOc1ccc(-c2cccc(C(=O)O)c2)cc1CNC(=O)c1ccc(C(F)(F)F)cc1F. The zero-order valence-electron chi connectivity index (χ0n) is 18.1. The van der Waals surface area contributed by atoms with Crippen molar-refractivity contribution in [1.82, 2.24) is 5.32 Å². The number of benzene rings is 3. The Kier molecular flexibility index (Phi) is 7.55. The average molecular weight is 475 g/mol. The molecule has 9 heteroatoms. The van der Waals surface area contributed by atoms with Gasteiger partial charge in [0.1, 0.15) is 11.6 Å². The van der Waals surface area contributed by atoms with Crippen LogP contribution in [0.15, 0.2) is 60.7 Å². The van der Waals surface area contributed by atoms with Crippen LogP contribution in [0.1, 0.15) is 45.2 Å². The Morgan fingerprint density at radius 3 is 2.38 bits per heavy atom. The lowest BCUT2D eigenvalue weighted by Crippen LogP contribution is -2.24. The fourth-order valence-corrected chi connectivity index (χ4v) is 3.23. The molecule has 34 heavy (non-hydrogen) atoms. The standard InChI is InChI=1S/C25H21F4NO4/c1-2-10-34-22-9-6-16(15-4-3-5-17(11-15)24(32)33)12-18(22)14-30-23(31)20-8-7-19(13-21(20)26)25(27,28)29/h3-9,11-13H,2,10,14H2,1H3,(H,30,31)(H,32,33). The average Bonchev–Trinajstić information content (AvgIpc) is 2.80. The molecular formula is C25H21F4NO4. The van der Waals surface area contributed by atoms with Crippen LogP contribution in [-0.4, -0.2) is 23.6 Å². The third kappa shape index (κ3) is 5.92. The Labute approximate surface area is 193 Å². The highest BCUT2D eigenvalue weighted by Crippen LogP contribution is 2.31. The molecule has 0 unspecified atom stereocenters. The van der Waals surface area contributed by atoms with E-state index in [0.29, 0.717) is 35.1 Å². The van der Waals surface area contributed by atoms with Crippen molar-refractivity contribution in [3.05, 3.63) is 88.7 Å². The van der Waals surface area contributed by atoms with Crippen LogP contribution in [0.3, 0.4) is 0 Å². The molecule has 0 radical (unpaired) electrons. The van der Waals surface area contributed by atoms with Crippen LogP contribution in [0.2, 0.25) is 0 Å². The molecule has 0 aliphatic heterocycles. The van der Waals surface area contributed by atoms with Gasteiger partial charge in [0.15, 0.2) is 0 Å². The van der Waals surface area contributed by atoms with Crippen molar-refractivity contribution in [3.63, 3.8) is 0 Å². The van der Waals surface area contributed by atoms with Crippen LogP contribution >= 0.6 is 0 Å². The first-order valence-electron chi connectivity index (χ1n) is 10.3. The molecule has 3 rings (SSSR count). The summed E-state index contributed by atoms with van der Waals surface area (Å²) in [6.07, 6.45) is -4.00. The Morgan fingerprint density at radius 1 is 1.00 bits per heavy atom. The van der Waals surface area contributed by atoms with Crippen LogP contribution in [0, 0.1) is 5.82 Å². The third-order valence-electron chi connectivity index (χ3n) is 4.95. The Balaban J connectivity index is 1.86. The number of hydrogen-bond donors (Lipinski definition) is 2. The Morgan fingerprint density at radius 2 is 1.74 bits per heavy atom. The van der Waals surface area contributed by atoms with Crippen molar-refractivity contribution >= 4 is 11.9 Å². The minimum atomic E-state index is -4.72. The molecule has 0 saturated heterocycles. The second-order valence-corrected chi connectivity index (χ2v) is 7.43. The first-order valence-corrected chi connectivity index (χ1v) is 10.3. The minimum Gasteiger partial charge on any atom is -0.493 e. The number of nitrogens with one attached hydrogen (secondary N) is 1. The van der Waals surface area contributed by atoms with E-state index in [-0.39, 0.29) is 18.2 Å². The van der Waals surface area contributed by atoms with Gasteiger partial charge in [-0.15, -0.1) is 0 Å². The summed E-state index contributed by atoms with van der Waals surface area (Å²) in [5, 5.41) is 11.7. The van der Waals surface area contributed by atoms with Gasteiger partial charge in [-0.05, 0) is 60.0 Å². The molecule has 3 aromatic carbocycles. The van der Waals surface area contributed by atoms with Crippen molar-refractivity contribution in [3.8, 4) is 16.9 Å². The van der Waals surface area contributed by atoms with E-state index >= 15 is 0 Å². The van der Waals surface area contributed by atoms with E-state index in [1.807, 2.05) is 6.92 Å². The number of carboxylic acids is 1. The van der Waals surface area contributed by atoms with Gasteiger partial charge < -0.3 is 15.2 Å². The maximum Gasteiger partial charge on any atom is 0.416 e. The van der Waals surface area contributed by atoms with Gasteiger partial charge >= 0.3 is 12.1 Å². The molecule has 3 aromatic rings. The number of ether oxygens (including phenoxy) is 1. The van der Waals surface area contributed by atoms with Gasteiger partial charge in [-0.25, -0.2) is 9.18 Å². The van der Waals surface area contributed by atoms with Crippen LogP contribution in [0.4, 0.5) is 17.6 Å². The lowest BCUT2D eigenvalue weighted by Gasteiger charge is -2.15. The maximum absolute atomic E-state index is 14.2. The molecule has 2 N–H and O–H groups in total. The number of hydrogen-bond acceptors (Lipinski definition) is 3. The van der Waals surface area contributed by atoms with Crippen LogP contribution in [-0.2, 0) is 12.7 Å². The van der Waals surface area contributed by atoms with E-state index in [4.69, 9.17) is 4.74 Å². The maximum atomic E-state index is 14.2. The van der Waals surface area contributed by atoms with Crippen LogP contribution in [0.5, 0.6) is 5.75 Å². The number of carboxylic acid groups (broad SMARTS) is 1. The number of amides is 1. The summed E-state index contributed by atoms with van der Waals surface area (Å²) in [6, 6.07) is 13.1. The molecule has 0 aliphatic carbocycles. The summed E-state index contributed by atoms with van der Waals surface area (Å²) >= 11 is 0. The number of alkyl halides is 3. The van der Waals surface area contributed by atoms with E-state index in [9.17, 15) is 32.3 Å². The number of halogens is 4. The van der Waals surface area contributed by atoms with Crippen LogP contribution in [0.25, 0.3) is 11.1 Å². The van der Waals surface area contributed by atoms with Crippen molar-refractivity contribution in [1.29, 1.82) is 0 Å². The first-order chi connectivity index (χ1) is 16.1. The lowest BCUT2D eigenvalue weighted by molar-refractivity contribution is -0.137. The smallest absolute Gasteiger partial charge is 0.416 e. The highest BCUT2D eigenvalue weighted by atomic mass is 19.4. The van der Waals surface area contributed by atoms with E-state index in [0.717, 1.165) is 12.5 Å². The summed E-state index contributed by atoms with van der Waals surface area (Å²) in [4.78, 5) is 23.7. The number of rotatable bonds is 8. The molecule has 1 amide bonds. The van der Waals surface area contributed by atoms with Crippen molar-refractivity contribution in [2.75, 3.05) is 6.61 Å².